The minimum atomic E-state index is -0.102. The third-order valence-corrected chi connectivity index (χ3v) is 3.06. The fourth-order valence-corrected chi connectivity index (χ4v) is 2.08. The monoisotopic (exact) mass is 251 g/mol. The second-order valence-electron chi connectivity index (χ2n) is 4.23. The van der Waals surface area contributed by atoms with Crippen LogP contribution in [0.25, 0.3) is 16.9 Å². The van der Waals surface area contributed by atoms with Crippen LogP contribution in [0.3, 0.4) is 0 Å². The molecule has 0 radical (unpaired) electrons. The zero-order chi connectivity index (χ0) is 13.2. The van der Waals surface area contributed by atoms with E-state index in [9.17, 15) is 4.79 Å². The average Bonchev–Trinajstić information content (AvgIpc) is 2.90. The molecule has 0 fully saturated rings. The maximum atomic E-state index is 11.7. The van der Waals surface area contributed by atoms with Crippen LogP contribution in [0.1, 0.15) is 10.4 Å². The highest BCUT2D eigenvalue weighted by atomic mass is 16.1. The zero-order valence-electron chi connectivity index (χ0n) is 10.5. The van der Waals surface area contributed by atoms with Crippen molar-refractivity contribution >= 4 is 11.6 Å². The molecule has 0 unspecified atom stereocenters. The Balaban J connectivity index is 2.19. The first-order valence-electron chi connectivity index (χ1n) is 6.04. The highest BCUT2D eigenvalue weighted by Gasteiger charge is 2.08. The number of amides is 1. The lowest BCUT2D eigenvalue weighted by Gasteiger charge is -2.04. The lowest BCUT2D eigenvalue weighted by molar-refractivity contribution is 0.0962. The molecule has 0 spiro atoms. The van der Waals surface area contributed by atoms with Crippen molar-refractivity contribution in [3.8, 4) is 11.3 Å². The summed E-state index contributed by atoms with van der Waals surface area (Å²) in [5.41, 5.74) is 3.49. The number of rotatable bonds is 2. The summed E-state index contributed by atoms with van der Waals surface area (Å²) in [5.74, 6) is -0.102. The number of fused-ring (bicyclic) bond motifs is 1. The van der Waals surface area contributed by atoms with Gasteiger partial charge in [0.05, 0.1) is 17.5 Å². The van der Waals surface area contributed by atoms with Gasteiger partial charge in [-0.25, -0.2) is 4.98 Å². The zero-order valence-corrected chi connectivity index (χ0v) is 10.5. The number of nitrogens with zero attached hydrogens (tertiary/aromatic N) is 2. The predicted octanol–water partition coefficient (Wildman–Crippen LogP) is 2.36. The molecule has 1 N–H and O–H groups in total. The first kappa shape index (κ1) is 11.5. The number of hydrogen-bond donors (Lipinski definition) is 1. The molecule has 0 bridgehead atoms. The third kappa shape index (κ3) is 1.97. The van der Waals surface area contributed by atoms with Crippen LogP contribution in [0.5, 0.6) is 0 Å². The molecule has 0 aliphatic rings. The molecule has 1 amide bonds. The van der Waals surface area contributed by atoms with Crippen LogP contribution in [-0.4, -0.2) is 22.3 Å². The minimum Gasteiger partial charge on any atom is -0.355 e. The first-order valence-corrected chi connectivity index (χ1v) is 6.04. The number of aromatic nitrogens is 2. The maximum absolute atomic E-state index is 11.7. The van der Waals surface area contributed by atoms with E-state index in [0.717, 1.165) is 16.9 Å². The highest BCUT2D eigenvalue weighted by molar-refractivity contribution is 5.94. The Bertz CT molecular complexity index is 731. The van der Waals surface area contributed by atoms with Crippen molar-refractivity contribution in [2.45, 2.75) is 0 Å². The quantitative estimate of drug-likeness (QED) is 0.760. The smallest absolute Gasteiger partial charge is 0.252 e. The SMILES string of the molecule is CNC(=O)c1ccc2ncc(-c3ccccc3)n2c1. The van der Waals surface area contributed by atoms with E-state index in [1.54, 1.807) is 13.1 Å². The molecule has 94 valence electrons. The summed E-state index contributed by atoms with van der Waals surface area (Å²) < 4.78 is 1.93. The van der Waals surface area contributed by atoms with Crippen LogP contribution in [0.4, 0.5) is 0 Å². The van der Waals surface area contributed by atoms with E-state index >= 15 is 0 Å². The molecule has 19 heavy (non-hydrogen) atoms. The van der Waals surface area contributed by atoms with Crippen LogP contribution < -0.4 is 5.32 Å². The number of carbonyl (C=O) groups excluding carboxylic acids is 1. The number of pyridine rings is 1. The van der Waals surface area contributed by atoms with Gasteiger partial charge in [0.15, 0.2) is 0 Å². The molecule has 0 aliphatic carbocycles. The van der Waals surface area contributed by atoms with Crippen molar-refractivity contribution in [2.24, 2.45) is 0 Å². The first-order chi connectivity index (χ1) is 9.29. The summed E-state index contributed by atoms with van der Waals surface area (Å²) in [5, 5.41) is 2.62. The molecule has 4 heteroatoms. The van der Waals surface area contributed by atoms with Gasteiger partial charge in [-0.3, -0.25) is 9.20 Å². The Kier molecular flexibility index (Phi) is 2.76. The van der Waals surface area contributed by atoms with Gasteiger partial charge < -0.3 is 5.32 Å². The topological polar surface area (TPSA) is 46.4 Å². The summed E-state index contributed by atoms with van der Waals surface area (Å²) in [6.07, 6.45) is 3.63. The van der Waals surface area contributed by atoms with Crippen LogP contribution in [-0.2, 0) is 0 Å². The largest absolute Gasteiger partial charge is 0.355 e. The lowest BCUT2D eigenvalue weighted by Crippen LogP contribution is -2.18. The van der Waals surface area contributed by atoms with Gasteiger partial charge in [0.2, 0.25) is 0 Å². The molecule has 0 aliphatic heterocycles. The van der Waals surface area contributed by atoms with Gasteiger partial charge in [-0.15, -0.1) is 0 Å². The summed E-state index contributed by atoms with van der Waals surface area (Å²) in [6.45, 7) is 0. The van der Waals surface area contributed by atoms with E-state index in [0.29, 0.717) is 5.56 Å². The van der Waals surface area contributed by atoms with E-state index in [4.69, 9.17) is 0 Å². The van der Waals surface area contributed by atoms with Crippen molar-refractivity contribution in [3.63, 3.8) is 0 Å². The van der Waals surface area contributed by atoms with Crippen LogP contribution in [0.2, 0.25) is 0 Å². The minimum absolute atomic E-state index is 0.102. The molecule has 4 nitrogen and oxygen atoms in total. The van der Waals surface area contributed by atoms with Crippen molar-refractivity contribution < 1.29 is 4.79 Å². The molecule has 1 aromatic carbocycles. The summed E-state index contributed by atoms with van der Waals surface area (Å²) in [6, 6.07) is 13.6. The van der Waals surface area contributed by atoms with Gasteiger partial charge in [-0.2, -0.15) is 0 Å². The molecule has 2 aromatic heterocycles. The Morgan fingerprint density at radius 3 is 2.68 bits per heavy atom. The molecular weight excluding hydrogens is 238 g/mol. The number of nitrogens with one attached hydrogen (secondary N) is 1. The second-order valence-corrected chi connectivity index (χ2v) is 4.23. The highest BCUT2D eigenvalue weighted by Crippen LogP contribution is 2.20. The standard InChI is InChI=1S/C15H13N3O/c1-16-15(19)12-7-8-14-17-9-13(18(14)10-12)11-5-3-2-4-6-11/h2-10H,1H3,(H,16,19). The fraction of sp³-hybridized carbons (Fsp3) is 0.0667. The Morgan fingerprint density at radius 1 is 1.16 bits per heavy atom. The van der Waals surface area contributed by atoms with Crippen LogP contribution in [0.15, 0.2) is 54.9 Å². The van der Waals surface area contributed by atoms with Gasteiger partial charge in [-0.1, -0.05) is 30.3 Å². The number of hydrogen-bond acceptors (Lipinski definition) is 2. The van der Waals surface area contributed by atoms with Crippen molar-refractivity contribution in [1.82, 2.24) is 14.7 Å². The molecule has 0 saturated carbocycles. The molecule has 0 saturated heterocycles. The van der Waals surface area contributed by atoms with Crippen molar-refractivity contribution in [1.29, 1.82) is 0 Å². The Morgan fingerprint density at radius 2 is 1.95 bits per heavy atom. The van der Waals surface area contributed by atoms with Gasteiger partial charge in [0, 0.05) is 18.8 Å². The van der Waals surface area contributed by atoms with Gasteiger partial charge in [0.25, 0.3) is 5.91 Å². The number of imidazole rings is 1. The predicted molar refractivity (Wildman–Crippen MR) is 74.0 cm³/mol. The summed E-state index contributed by atoms with van der Waals surface area (Å²) >= 11 is 0. The van der Waals surface area contributed by atoms with Gasteiger partial charge >= 0.3 is 0 Å². The van der Waals surface area contributed by atoms with Gasteiger partial charge in [-0.05, 0) is 12.1 Å². The number of benzene rings is 1. The summed E-state index contributed by atoms with van der Waals surface area (Å²) in [4.78, 5) is 16.0. The Hall–Kier alpha value is -2.62. The van der Waals surface area contributed by atoms with Crippen molar-refractivity contribution in [3.05, 3.63) is 60.4 Å². The normalized spacial score (nSPS) is 10.6. The third-order valence-electron chi connectivity index (χ3n) is 3.06. The van der Waals surface area contributed by atoms with Crippen molar-refractivity contribution in [2.75, 3.05) is 7.05 Å². The second kappa shape index (κ2) is 4.57. The van der Waals surface area contributed by atoms with E-state index in [2.05, 4.69) is 10.3 Å². The molecular formula is C15H13N3O. The molecule has 0 atom stereocenters. The fourth-order valence-electron chi connectivity index (χ4n) is 2.08. The molecule has 3 rings (SSSR count). The van der Waals surface area contributed by atoms with Crippen LogP contribution >= 0.6 is 0 Å². The summed E-state index contributed by atoms with van der Waals surface area (Å²) in [7, 11) is 1.62. The maximum Gasteiger partial charge on any atom is 0.252 e. The molecule has 3 aromatic rings. The lowest BCUT2D eigenvalue weighted by atomic mass is 10.2. The van der Waals surface area contributed by atoms with Gasteiger partial charge in [0.1, 0.15) is 5.65 Å². The Labute approximate surface area is 110 Å². The average molecular weight is 251 g/mol. The van der Waals surface area contributed by atoms with E-state index in [-0.39, 0.29) is 5.91 Å². The van der Waals surface area contributed by atoms with E-state index < -0.39 is 0 Å². The number of carbonyl (C=O) groups is 1. The van der Waals surface area contributed by atoms with E-state index in [1.165, 1.54) is 0 Å². The van der Waals surface area contributed by atoms with Crippen LogP contribution in [0, 0.1) is 0 Å². The van der Waals surface area contributed by atoms with E-state index in [1.807, 2.05) is 53.2 Å². The molecule has 2 heterocycles.